The van der Waals surface area contributed by atoms with E-state index in [9.17, 15) is 22.4 Å². The van der Waals surface area contributed by atoms with Gasteiger partial charge in [0.2, 0.25) is 5.91 Å². The lowest BCUT2D eigenvalue weighted by Gasteiger charge is -2.38. The van der Waals surface area contributed by atoms with Crippen LogP contribution < -0.4 is 10.2 Å². The van der Waals surface area contributed by atoms with E-state index in [1.807, 2.05) is 4.90 Å². The lowest BCUT2D eigenvalue weighted by Crippen LogP contribution is -2.53. The van der Waals surface area contributed by atoms with E-state index in [-0.39, 0.29) is 21.8 Å². The molecule has 0 radical (unpaired) electrons. The highest BCUT2D eigenvalue weighted by Crippen LogP contribution is 2.33. The molecule has 11 heteroatoms. The Morgan fingerprint density at radius 1 is 1.13 bits per heavy atom. The Labute approximate surface area is 180 Å². The zero-order chi connectivity index (χ0) is 22.1. The first kappa shape index (κ1) is 22.6. The quantitative estimate of drug-likeness (QED) is 0.666. The van der Waals surface area contributed by atoms with E-state index in [1.165, 1.54) is 18.2 Å². The predicted molar refractivity (Wildman–Crippen MR) is 108 cm³/mol. The molecule has 1 aliphatic rings. The van der Waals surface area contributed by atoms with Gasteiger partial charge in [0, 0.05) is 38.1 Å². The monoisotopic (exact) mass is 464 g/mol. The fourth-order valence-electron chi connectivity index (χ4n) is 3.13. The molecule has 162 valence electrons. The Hall–Kier alpha value is -2.10. The number of rotatable bonds is 4. The average molecular weight is 465 g/mol. The van der Waals surface area contributed by atoms with Crippen LogP contribution in [-0.2, 0) is 11.0 Å². The van der Waals surface area contributed by atoms with E-state index in [0.717, 1.165) is 12.3 Å². The molecule has 1 fully saturated rings. The van der Waals surface area contributed by atoms with Crippen LogP contribution in [0.3, 0.4) is 0 Å². The van der Waals surface area contributed by atoms with Crippen LogP contribution in [0.25, 0.3) is 0 Å². The number of aromatic nitrogens is 1. The van der Waals surface area contributed by atoms with Crippen molar-refractivity contribution in [3.8, 4) is 0 Å². The second-order valence-corrected chi connectivity index (χ2v) is 7.66. The fraction of sp³-hybridized carbons (Fsp3) is 0.368. The highest BCUT2D eigenvalue weighted by molar-refractivity contribution is 6.33. The van der Waals surface area contributed by atoms with Crippen molar-refractivity contribution in [2.45, 2.75) is 19.1 Å². The summed E-state index contributed by atoms with van der Waals surface area (Å²) < 4.78 is 51.6. The minimum Gasteiger partial charge on any atom is -0.353 e. The van der Waals surface area contributed by atoms with E-state index in [1.54, 1.807) is 11.8 Å². The molecule has 0 bridgehead atoms. The lowest BCUT2D eigenvalue weighted by molar-refractivity contribution is -0.137. The number of hydrogen-bond acceptors (Lipinski definition) is 4. The summed E-state index contributed by atoms with van der Waals surface area (Å²) in [5, 5.41) is 2.53. The molecule has 2 aromatic rings. The van der Waals surface area contributed by atoms with Crippen LogP contribution in [0, 0.1) is 5.82 Å². The zero-order valence-corrected chi connectivity index (χ0v) is 17.3. The maximum absolute atomic E-state index is 13.2. The summed E-state index contributed by atoms with van der Waals surface area (Å²) in [4.78, 5) is 20.1. The summed E-state index contributed by atoms with van der Waals surface area (Å²) in [6, 6.07) is 4.30. The second-order valence-electron chi connectivity index (χ2n) is 6.84. The fourth-order valence-corrected chi connectivity index (χ4v) is 3.59. The number of carbonyl (C=O) groups is 1. The number of hydrogen-bond donors (Lipinski definition) is 1. The molecule has 1 aromatic heterocycles. The minimum absolute atomic E-state index is 0.0720. The number of piperazine rings is 1. The highest BCUT2D eigenvalue weighted by Gasteiger charge is 2.33. The van der Waals surface area contributed by atoms with Crippen LogP contribution in [0.5, 0.6) is 0 Å². The SMILES string of the molecule is CC(C(=O)Nc1ccc(F)c(Cl)c1)N1CCN(c2ncc(C(F)(F)F)cc2Cl)CC1. The summed E-state index contributed by atoms with van der Waals surface area (Å²) in [6.07, 6.45) is -3.75. The van der Waals surface area contributed by atoms with Gasteiger partial charge < -0.3 is 10.2 Å². The van der Waals surface area contributed by atoms with Crippen molar-refractivity contribution in [1.82, 2.24) is 9.88 Å². The van der Waals surface area contributed by atoms with Crippen LogP contribution >= 0.6 is 23.2 Å². The number of carbonyl (C=O) groups excluding carboxylic acids is 1. The van der Waals surface area contributed by atoms with Gasteiger partial charge in [0.1, 0.15) is 11.6 Å². The normalized spacial score (nSPS) is 16.4. The molecular formula is C19H18Cl2F4N4O. The van der Waals surface area contributed by atoms with Crippen molar-refractivity contribution in [1.29, 1.82) is 0 Å². The van der Waals surface area contributed by atoms with Crippen molar-refractivity contribution < 1.29 is 22.4 Å². The van der Waals surface area contributed by atoms with Crippen molar-refractivity contribution in [3.63, 3.8) is 0 Å². The Morgan fingerprint density at radius 2 is 1.80 bits per heavy atom. The number of benzene rings is 1. The Kier molecular flexibility index (Phi) is 6.74. The molecule has 1 aromatic carbocycles. The Balaban J connectivity index is 1.59. The van der Waals surface area contributed by atoms with Gasteiger partial charge >= 0.3 is 6.18 Å². The summed E-state index contributed by atoms with van der Waals surface area (Å²) in [5.74, 6) is -0.575. The van der Waals surface area contributed by atoms with E-state index in [0.29, 0.717) is 31.9 Å². The van der Waals surface area contributed by atoms with Crippen molar-refractivity contribution in [2.24, 2.45) is 0 Å². The third-order valence-corrected chi connectivity index (χ3v) is 5.44. The molecule has 1 saturated heterocycles. The number of nitrogens with zero attached hydrogens (tertiary/aromatic N) is 3. The van der Waals surface area contributed by atoms with E-state index >= 15 is 0 Å². The molecule has 0 saturated carbocycles. The summed E-state index contributed by atoms with van der Waals surface area (Å²) in [5.41, 5.74) is -0.515. The minimum atomic E-state index is -4.51. The summed E-state index contributed by atoms with van der Waals surface area (Å²) in [7, 11) is 0. The van der Waals surface area contributed by atoms with E-state index in [2.05, 4.69) is 10.3 Å². The number of amides is 1. The van der Waals surface area contributed by atoms with Gasteiger partial charge in [-0.2, -0.15) is 13.2 Å². The van der Waals surface area contributed by atoms with Gasteiger partial charge in [-0.3, -0.25) is 9.69 Å². The molecule has 2 heterocycles. The van der Waals surface area contributed by atoms with Crippen LogP contribution in [-0.4, -0.2) is 48.0 Å². The summed E-state index contributed by atoms with van der Waals surface area (Å²) in [6.45, 7) is 3.59. The highest BCUT2D eigenvalue weighted by atomic mass is 35.5. The smallest absolute Gasteiger partial charge is 0.353 e. The number of anilines is 2. The number of alkyl halides is 3. The third kappa shape index (κ3) is 5.14. The zero-order valence-electron chi connectivity index (χ0n) is 15.8. The van der Waals surface area contributed by atoms with Crippen molar-refractivity contribution in [2.75, 3.05) is 36.4 Å². The first-order chi connectivity index (χ1) is 14.1. The maximum atomic E-state index is 13.2. The molecular weight excluding hydrogens is 447 g/mol. The molecule has 0 spiro atoms. The van der Waals surface area contributed by atoms with Gasteiger partial charge in [0.05, 0.1) is 21.7 Å². The Bertz CT molecular complexity index is 933. The van der Waals surface area contributed by atoms with Gasteiger partial charge in [-0.1, -0.05) is 23.2 Å². The first-order valence-corrected chi connectivity index (χ1v) is 9.79. The van der Waals surface area contributed by atoms with Crippen molar-refractivity contribution in [3.05, 3.63) is 51.9 Å². The Morgan fingerprint density at radius 3 is 2.37 bits per heavy atom. The molecule has 1 atom stereocenters. The molecule has 5 nitrogen and oxygen atoms in total. The van der Waals surface area contributed by atoms with E-state index < -0.39 is 23.6 Å². The van der Waals surface area contributed by atoms with Gasteiger partial charge in [0.15, 0.2) is 0 Å². The van der Waals surface area contributed by atoms with Gasteiger partial charge in [-0.15, -0.1) is 0 Å². The predicted octanol–water partition coefficient (Wildman–Crippen LogP) is 4.70. The topological polar surface area (TPSA) is 48.5 Å². The molecule has 1 amide bonds. The third-order valence-electron chi connectivity index (χ3n) is 4.88. The average Bonchev–Trinajstić information content (AvgIpc) is 2.69. The van der Waals surface area contributed by atoms with Crippen LogP contribution in [0.2, 0.25) is 10.0 Å². The van der Waals surface area contributed by atoms with Gasteiger partial charge in [-0.25, -0.2) is 9.37 Å². The standard InChI is InChI=1S/C19H18Cl2F4N4O/c1-11(18(30)27-13-2-3-16(22)14(20)9-13)28-4-6-29(7-5-28)17-15(21)8-12(10-26-17)19(23,24)25/h2-3,8-11H,4-7H2,1H3,(H,27,30). The maximum Gasteiger partial charge on any atom is 0.417 e. The van der Waals surface area contributed by atoms with Crippen LogP contribution in [0.1, 0.15) is 12.5 Å². The molecule has 1 unspecified atom stereocenters. The van der Waals surface area contributed by atoms with Gasteiger partial charge in [0.25, 0.3) is 0 Å². The second kappa shape index (κ2) is 8.95. The first-order valence-electron chi connectivity index (χ1n) is 9.04. The molecule has 0 aliphatic carbocycles. The molecule has 1 N–H and O–H groups in total. The molecule has 1 aliphatic heterocycles. The van der Waals surface area contributed by atoms with Crippen LogP contribution in [0.15, 0.2) is 30.5 Å². The van der Waals surface area contributed by atoms with E-state index in [4.69, 9.17) is 23.2 Å². The number of halogens is 6. The number of nitrogens with one attached hydrogen (secondary N) is 1. The largest absolute Gasteiger partial charge is 0.417 e. The molecule has 30 heavy (non-hydrogen) atoms. The molecule has 3 rings (SSSR count). The lowest BCUT2D eigenvalue weighted by atomic mass is 10.2. The number of pyridine rings is 1. The van der Waals surface area contributed by atoms with Gasteiger partial charge in [-0.05, 0) is 31.2 Å². The van der Waals surface area contributed by atoms with Crippen molar-refractivity contribution >= 4 is 40.6 Å². The van der Waals surface area contributed by atoms with Crippen LogP contribution in [0.4, 0.5) is 29.1 Å². The summed E-state index contributed by atoms with van der Waals surface area (Å²) >= 11 is 11.7.